The third-order valence-electron chi connectivity index (χ3n) is 2.04. The van der Waals surface area contributed by atoms with Gasteiger partial charge in [-0.1, -0.05) is 23.2 Å². The van der Waals surface area contributed by atoms with Crippen molar-refractivity contribution >= 4 is 33.2 Å². The molecule has 0 saturated heterocycles. The summed E-state index contributed by atoms with van der Waals surface area (Å²) in [6.45, 7) is 1.12. The van der Waals surface area contributed by atoms with Crippen LogP contribution in [0.1, 0.15) is 6.42 Å². The van der Waals surface area contributed by atoms with Crippen LogP contribution < -0.4 is 10.0 Å². The van der Waals surface area contributed by atoms with Gasteiger partial charge in [-0.2, -0.15) is 0 Å². The molecule has 0 saturated carbocycles. The Morgan fingerprint density at radius 1 is 1.12 bits per heavy atom. The number of hydrogen-bond donors (Lipinski definition) is 2. The van der Waals surface area contributed by atoms with Gasteiger partial charge in [0.05, 0.1) is 4.90 Å². The van der Waals surface area contributed by atoms with Crippen LogP contribution in [0.25, 0.3) is 0 Å². The Hall–Kier alpha value is -0.330. The molecular formula is C10H14Cl2N2O2S. The maximum atomic E-state index is 11.9. The monoisotopic (exact) mass is 296 g/mol. The molecule has 0 bridgehead atoms. The summed E-state index contributed by atoms with van der Waals surface area (Å²) in [5.41, 5.74) is 0. The first kappa shape index (κ1) is 14.7. The molecule has 4 nitrogen and oxygen atoms in total. The maximum absolute atomic E-state index is 11.9. The van der Waals surface area contributed by atoms with E-state index < -0.39 is 10.0 Å². The Morgan fingerprint density at radius 2 is 1.71 bits per heavy atom. The molecule has 96 valence electrons. The van der Waals surface area contributed by atoms with E-state index in [0.29, 0.717) is 23.0 Å². The molecule has 0 aliphatic heterocycles. The smallest absolute Gasteiger partial charge is 0.240 e. The van der Waals surface area contributed by atoms with Gasteiger partial charge in [0, 0.05) is 16.6 Å². The minimum absolute atomic E-state index is 0.0828. The molecule has 17 heavy (non-hydrogen) atoms. The van der Waals surface area contributed by atoms with Crippen molar-refractivity contribution in [2.75, 3.05) is 20.1 Å². The molecule has 0 unspecified atom stereocenters. The lowest BCUT2D eigenvalue weighted by molar-refractivity contribution is 0.577. The highest BCUT2D eigenvalue weighted by atomic mass is 35.5. The van der Waals surface area contributed by atoms with Gasteiger partial charge in [-0.15, -0.1) is 0 Å². The third-order valence-corrected chi connectivity index (χ3v) is 3.92. The lowest BCUT2D eigenvalue weighted by atomic mass is 10.4. The average molecular weight is 297 g/mol. The number of halogens is 2. The lowest BCUT2D eigenvalue weighted by Gasteiger charge is -2.07. The summed E-state index contributed by atoms with van der Waals surface area (Å²) in [5, 5.41) is 3.53. The summed E-state index contributed by atoms with van der Waals surface area (Å²) in [6.07, 6.45) is 0.712. The van der Waals surface area contributed by atoms with Crippen molar-refractivity contribution in [2.24, 2.45) is 0 Å². The van der Waals surface area contributed by atoms with Crippen molar-refractivity contribution < 1.29 is 8.42 Å². The van der Waals surface area contributed by atoms with Crippen LogP contribution in [-0.2, 0) is 10.0 Å². The zero-order valence-corrected chi connectivity index (χ0v) is 11.7. The molecule has 1 rings (SSSR count). The van der Waals surface area contributed by atoms with Crippen LogP contribution in [0.5, 0.6) is 0 Å². The third kappa shape index (κ3) is 4.81. The van der Waals surface area contributed by atoms with Gasteiger partial charge in [-0.3, -0.25) is 0 Å². The maximum Gasteiger partial charge on any atom is 0.240 e. The highest BCUT2D eigenvalue weighted by Crippen LogP contribution is 2.21. The van der Waals surface area contributed by atoms with Crippen LogP contribution in [0, 0.1) is 0 Å². The normalized spacial score (nSPS) is 11.7. The van der Waals surface area contributed by atoms with Gasteiger partial charge in [0.2, 0.25) is 10.0 Å². The zero-order valence-electron chi connectivity index (χ0n) is 9.33. The number of nitrogens with one attached hydrogen (secondary N) is 2. The summed E-state index contributed by atoms with van der Waals surface area (Å²) in [7, 11) is -1.72. The lowest BCUT2D eigenvalue weighted by Crippen LogP contribution is -2.26. The van der Waals surface area contributed by atoms with E-state index in [1.165, 1.54) is 18.2 Å². The van der Waals surface area contributed by atoms with Gasteiger partial charge in [-0.05, 0) is 38.2 Å². The summed E-state index contributed by atoms with van der Waals surface area (Å²) in [5.74, 6) is 0. The minimum atomic E-state index is -3.53. The number of hydrogen-bond acceptors (Lipinski definition) is 3. The molecule has 0 radical (unpaired) electrons. The Bertz CT molecular complexity index is 457. The molecular weight excluding hydrogens is 283 g/mol. The summed E-state index contributed by atoms with van der Waals surface area (Å²) in [4.78, 5) is 0.0828. The van der Waals surface area contributed by atoms with E-state index in [0.717, 1.165) is 6.54 Å². The van der Waals surface area contributed by atoms with Crippen molar-refractivity contribution in [1.29, 1.82) is 0 Å². The second-order valence-corrected chi connectivity index (χ2v) is 6.10. The first-order chi connectivity index (χ1) is 7.95. The molecule has 1 aromatic carbocycles. The molecule has 0 atom stereocenters. The van der Waals surface area contributed by atoms with E-state index in [1.807, 2.05) is 7.05 Å². The van der Waals surface area contributed by atoms with Crippen LogP contribution in [-0.4, -0.2) is 28.6 Å². The van der Waals surface area contributed by atoms with E-state index in [2.05, 4.69) is 10.0 Å². The highest BCUT2D eigenvalue weighted by molar-refractivity contribution is 7.89. The standard InChI is InChI=1S/C10H14Cl2N2O2S/c1-13-3-2-4-14-17(15,16)10-6-8(11)5-9(12)7-10/h5-7,13-14H,2-4H2,1H3. The second kappa shape index (κ2) is 6.56. The quantitative estimate of drug-likeness (QED) is 0.788. The van der Waals surface area contributed by atoms with Gasteiger partial charge >= 0.3 is 0 Å². The van der Waals surface area contributed by atoms with Crippen LogP contribution in [0.2, 0.25) is 10.0 Å². The molecule has 1 aromatic rings. The van der Waals surface area contributed by atoms with Gasteiger partial charge in [0.1, 0.15) is 0 Å². The molecule has 0 aliphatic carbocycles. The highest BCUT2D eigenvalue weighted by Gasteiger charge is 2.14. The Balaban J connectivity index is 2.75. The summed E-state index contributed by atoms with van der Waals surface area (Å²) < 4.78 is 26.2. The minimum Gasteiger partial charge on any atom is -0.320 e. The van der Waals surface area contributed by atoms with Crippen molar-refractivity contribution in [3.8, 4) is 0 Å². The van der Waals surface area contributed by atoms with E-state index in [9.17, 15) is 8.42 Å². The van der Waals surface area contributed by atoms with Crippen molar-refractivity contribution in [3.05, 3.63) is 28.2 Å². The molecule has 0 spiro atoms. The van der Waals surface area contributed by atoms with Crippen LogP contribution >= 0.6 is 23.2 Å². The SMILES string of the molecule is CNCCCNS(=O)(=O)c1cc(Cl)cc(Cl)c1. The Kier molecular flexibility index (Phi) is 5.69. The van der Waals surface area contributed by atoms with Crippen LogP contribution in [0.3, 0.4) is 0 Å². The predicted molar refractivity (Wildman–Crippen MR) is 70.2 cm³/mol. The first-order valence-corrected chi connectivity index (χ1v) is 7.30. The number of rotatable bonds is 6. The van der Waals surface area contributed by atoms with Crippen molar-refractivity contribution in [2.45, 2.75) is 11.3 Å². The topological polar surface area (TPSA) is 58.2 Å². The molecule has 2 N–H and O–H groups in total. The first-order valence-electron chi connectivity index (χ1n) is 5.06. The molecule has 0 fully saturated rings. The molecule has 0 heterocycles. The van der Waals surface area contributed by atoms with Gasteiger partial charge in [0.25, 0.3) is 0 Å². The van der Waals surface area contributed by atoms with Crippen LogP contribution in [0.15, 0.2) is 23.1 Å². The van der Waals surface area contributed by atoms with E-state index >= 15 is 0 Å². The van der Waals surface area contributed by atoms with E-state index in [-0.39, 0.29) is 4.90 Å². The van der Waals surface area contributed by atoms with E-state index in [4.69, 9.17) is 23.2 Å². The fourth-order valence-electron chi connectivity index (χ4n) is 1.24. The number of sulfonamides is 1. The van der Waals surface area contributed by atoms with Crippen molar-refractivity contribution in [3.63, 3.8) is 0 Å². The molecule has 7 heteroatoms. The second-order valence-electron chi connectivity index (χ2n) is 3.46. The fourth-order valence-corrected chi connectivity index (χ4v) is 3.04. The van der Waals surface area contributed by atoms with Gasteiger partial charge in [0.15, 0.2) is 0 Å². The Morgan fingerprint density at radius 3 is 2.24 bits per heavy atom. The van der Waals surface area contributed by atoms with Gasteiger partial charge in [-0.25, -0.2) is 13.1 Å². The predicted octanol–water partition coefficient (Wildman–Crippen LogP) is 1.88. The molecule has 0 amide bonds. The van der Waals surface area contributed by atoms with E-state index in [1.54, 1.807) is 0 Å². The van der Waals surface area contributed by atoms with Crippen molar-refractivity contribution in [1.82, 2.24) is 10.0 Å². The fraction of sp³-hybridized carbons (Fsp3) is 0.400. The largest absolute Gasteiger partial charge is 0.320 e. The zero-order chi connectivity index (χ0) is 12.9. The molecule has 0 aliphatic rings. The average Bonchev–Trinajstić information content (AvgIpc) is 2.23. The van der Waals surface area contributed by atoms with Gasteiger partial charge < -0.3 is 5.32 Å². The molecule has 0 aromatic heterocycles. The summed E-state index contributed by atoms with van der Waals surface area (Å²) in [6, 6.07) is 4.23. The number of benzene rings is 1. The van der Waals surface area contributed by atoms with Crippen LogP contribution in [0.4, 0.5) is 0 Å². The summed E-state index contributed by atoms with van der Waals surface area (Å²) >= 11 is 11.5. The Labute approximate surface area is 111 Å².